The van der Waals surface area contributed by atoms with Crippen LogP contribution in [0.3, 0.4) is 0 Å². The smallest absolute Gasteiger partial charge is 0.313 e. The van der Waals surface area contributed by atoms with Crippen LogP contribution in [0.25, 0.3) is 10.9 Å². The van der Waals surface area contributed by atoms with Gasteiger partial charge in [-0.3, -0.25) is 4.79 Å². The number of rotatable bonds is 5. The predicted octanol–water partition coefficient (Wildman–Crippen LogP) is 4.86. The number of aliphatic carboxylic acids is 1. The molecule has 8 heteroatoms. The van der Waals surface area contributed by atoms with Gasteiger partial charge in [0.05, 0.1) is 11.3 Å². The summed E-state index contributed by atoms with van der Waals surface area (Å²) < 4.78 is 0. The normalized spacial score (nSPS) is 10.8. The van der Waals surface area contributed by atoms with Crippen LogP contribution in [0.5, 0.6) is 0 Å². The van der Waals surface area contributed by atoms with Gasteiger partial charge in [0, 0.05) is 21.1 Å². The van der Waals surface area contributed by atoms with E-state index in [1.54, 1.807) is 18.2 Å². The number of thioether (sulfide) groups is 1. The van der Waals surface area contributed by atoms with Gasteiger partial charge < -0.3 is 10.4 Å². The lowest BCUT2D eigenvalue weighted by Gasteiger charge is -2.10. The summed E-state index contributed by atoms with van der Waals surface area (Å²) in [5, 5.41) is 14.3. The number of hydrogen-bond acceptors (Lipinski definition) is 5. The molecule has 3 aromatic rings. The molecule has 1 heterocycles. The molecule has 0 aliphatic rings. The molecule has 0 saturated heterocycles. The number of carboxylic acid groups (broad SMARTS) is 1. The third-order valence-electron chi connectivity index (χ3n) is 3.02. The van der Waals surface area contributed by atoms with Gasteiger partial charge in [0.25, 0.3) is 0 Å². The molecule has 0 fully saturated rings. The minimum absolute atomic E-state index is 0.0799. The van der Waals surface area contributed by atoms with E-state index < -0.39 is 5.97 Å². The molecule has 0 amide bonds. The number of carbonyl (C=O) groups is 1. The predicted molar refractivity (Wildman–Crippen MR) is 97.6 cm³/mol. The van der Waals surface area contributed by atoms with Crippen LogP contribution < -0.4 is 5.32 Å². The van der Waals surface area contributed by atoms with E-state index in [0.717, 1.165) is 22.7 Å². The molecule has 0 radical (unpaired) electrons. The van der Waals surface area contributed by atoms with Crippen molar-refractivity contribution in [3.05, 3.63) is 52.5 Å². The largest absolute Gasteiger partial charge is 0.481 e. The van der Waals surface area contributed by atoms with Crippen LogP contribution in [0.1, 0.15) is 0 Å². The van der Waals surface area contributed by atoms with Gasteiger partial charge in [-0.1, -0.05) is 53.2 Å². The molecule has 1 aromatic heterocycles. The first-order valence-corrected chi connectivity index (χ1v) is 8.60. The third-order valence-corrected chi connectivity index (χ3v) is 4.43. The highest BCUT2D eigenvalue weighted by Crippen LogP contribution is 2.29. The van der Waals surface area contributed by atoms with Gasteiger partial charge in [-0.25, -0.2) is 9.97 Å². The maximum atomic E-state index is 10.9. The Labute approximate surface area is 152 Å². The lowest BCUT2D eigenvalue weighted by Crippen LogP contribution is -2.02. The van der Waals surface area contributed by atoms with Gasteiger partial charge in [0.2, 0.25) is 5.95 Å². The van der Waals surface area contributed by atoms with Gasteiger partial charge in [0.1, 0.15) is 5.03 Å². The Bertz CT molecular complexity index is 901. The van der Waals surface area contributed by atoms with Gasteiger partial charge >= 0.3 is 5.97 Å². The van der Waals surface area contributed by atoms with Gasteiger partial charge in [0.15, 0.2) is 0 Å². The summed E-state index contributed by atoms with van der Waals surface area (Å²) in [6.07, 6.45) is 0. The maximum Gasteiger partial charge on any atom is 0.313 e. The Hall–Kier alpha value is -2.02. The van der Waals surface area contributed by atoms with E-state index in [4.69, 9.17) is 28.3 Å². The van der Waals surface area contributed by atoms with Gasteiger partial charge in [-0.15, -0.1) is 0 Å². The molecule has 0 aliphatic heterocycles. The SMILES string of the molecule is O=C(O)CSc1nc(Nc2cc(Cl)cc(Cl)c2)nc2ccccc12. The molecular weight excluding hydrogens is 369 g/mol. The highest BCUT2D eigenvalue weighted by molar-refractivity contribution is 8.00. The number of halogens is 2. The van der Waals surface area contributed by atoms with Crippen molar-refractivity contribution < 1.29 is 9.90 Å². The highest BCUT2D eigenvalue weighted by Gasteiger charge is 2.10. The average molecular weight is 380 g/mol. The number of anilines is 2. The fraction of sp³-hybridized carbons (Fsp3) is 0.0625. The van der Waals surface area contributed by atoms with Crippen LogP contribution in [-0.2, 0) is 4.79 Å². The van der Waals surface area contributed by atoms with Crippen molar-refractivity contribution in [1.29, 1.82) is 0 Å². The Morgan fingerprint density at radius 2 is 1.83 bits per heavy atom. The Kier molecular flexibility index (Phi) is 5.08. The van der Waals surface area contributed by atoms with Crippen molar-refractivity contribution >= 4 is 63.5 Å². The van der Waals surface area contributed by atoms with Crippen molar-refractivity contribution in [2.24, 2.45) is 0 Å². The quantitative estimate of drug-likeness (QED) is 0.487. The number of carboxylic acids is 1. The Morgan fingerprint density at radius 3 is 2.54 bits per heavy atom. The number of nitrogens with zero attached hydrogens (tertiary/aromatic N) is 2. The molecule has 0 aliphatic carbocycles. The molecule has 122 valence electrons. The van der Waals surface area contributed by atoms with Crippen molar-refractivity contribution in [3.63, 3.8) is 0 Å². The molecule has 0 atom stereocenters. The monoisotopic (exact) mass is 379 g/mol. The molecule has 5 nitrogen and oxygen atoms in total. The fourth-order valence-electron chi connectivity index (χ4n) is 2.10. The zero-order valence-electron chi connectivity index (χ0n) is 12.2. The van der Waals surface area contributed by atoms with Crippen LogP contribution in [0.2, 0.25) is 10.0 Å². The first kappa shape index (κ1) is 16.8. The topological polar surface area (TPSA) is 75.1 Å². The van der Waals surface area contributed by atoms with Gasteiger partial charge in [-0.05, 0) is 24.3 Å². The van der Waals surface area contributed by atoms with E-state index in [1.165, 1.54) is 0 Å². The zero-order valence-corrected chi connectivity index (χ0v) is 14.5. The van der Waals surface area contributed by atoms with Crippen LogP contribution >= 0.6 is 35.0 Å². The first-order valence-electron chi connectivity index (χ1n) is 6.86. The van der Waals surface area contributed by atoms with E-state index in [2.05, 4.69) is 15.3 Å². The second-order valence-corrected chi connectivity index (χ2v) is 6.67. The van der Waals surface area contributed by atoms with Crippen LogP contribution in [0.4, 0.5) is 11.6 Å². The van der Waals surface area contributed by atoms with Gasteiger partial charge in [-0.2, -0.15) is 0 Å². The summed E-state index contributed by atoms with van der Waals surface area (Å²) in [6.45, 7) is 0. The zero-order chi connectivity index (χ0) is 17.1. The van der Waals surface area contributed by atoms with E-state index in [1.807, 2.05) is 24.3 Å². The Morgan fingerprint density at radius 1 is 1.12 bits per heavy atom. The first-order chi connectivity index (χ1) is 11.5. The number of fused-ring (bicyclic) bond motifs is 1. The van der Waals surface area contributed by atoms with Crippen molar-refractivity contribution in [2.75, 3.05) is 11.1 Å². The number of aromatic nitrogens is 2. The molecule has 0 unspecified atom stereocenters. The second kappa shape index (κ2) is 7.25. The van der Waals surface area contributed by atoms with E-state index >= 15 is 0 Å². The number of nitrogens with one attached hydrogen (secondary N) is 1. The summed E-state index contributed by atoms with van der Waals surface area (Å²) in [7, 11) is 0. The van der Waals surface area contributed by atoms with Crippen molar-refractivity contribution in [1.82, 2.24) is 9.97 Å². The number of para-hydroxylation sites is 1. The standard InChI is InChI=1S/C16H11Cl2N3O2S/c17-9-5-10(18)7-11(6-9)19-16-20-13-4-2-1-3-12(13)15(21-16)24-8-14(22)23/h1-7H,8H2,(H,22,23)(H,19,20,21). The third kappa shape index (κ3) is 4.08. The molecule has 0 spiro atoms. The van der Waals surface area contributed by atoms with Crippen molar-refractivity contribution in [2.45, 2.75) is 5.03 Å². The summed E-state index contributed by atoms with van der Waals surface area (Å²) in [5.74, 6) is -0.637. The highest BCUT2D eigenvalue weighted by atomic mass is 35.5. The molecule has 0 bridgehead atoms. The maximum absolute atomic E-state index is 10.9. The molecule has 0 saturated carbocycles. The molecule has 3 rings (SSSR count). The average Bonchev–Trinajstić information content (AvgIpc) is 2.51. The number of benzene rings is 2. The van der Waals surface area contributed by atoms with Crippen LogP contribution in [0.15, 0.2) is 47.5 Å². The van der Waals surface area contributed by atoms with Crippen LogP contribution in [0, 0.1) is 0 Å². The molecular formula is C16H11Cl2N3O2S. The molecule has 2 aromatic carbocycles. The summed E-state index contributed by atoms with van der Waals surface area (Å²) in [4.78, 5) is 19.7. The second-order valence-electron chi connectivity index (χ2n) is 4.84. The Balaban J connectivity index is 1.99. The summed E-state index contributed by atoms with van der Waals surface area (Å²) in [5.41, 5.74) is 1.37. The van der Waals surface area contributed by atoms with E-state index in [0.29, 0.717) is 26.7 Å². The summed E-state index contributed by atoms with van der Waals surface area (Å²) in [6, 6.07) is 12.5. The van der Waals surface area contributed by atoms with E-state index in [9.17, 15) is 4.79 Å². The minimum atomic E-state index is -0.904. The van der Waals surface area contributed by atoms with Crippen molar-refractivity contribution in [3.8, 4) is 0 Å². The number of hydrogen-bond donors (Lipinski definition) is 2. The molecule has 2 N–H and O–H groups in total. The molecule has 24 heavy (non-hydrogen) atoms. The van der Waals surface area contributed by atoms with E-state index in [-0.39, 0.29) is 5.75 Å². The fourth-order valence-corrected chi connectivity index (χ4v) is 3.36. The lowest BCUT2D eigenvalue weighted by atomic mass is 10.2. The lowest BCUT2D eigenvalue weighted by molar-refractivity contribution is -0.133. The van der Waals surface area contributed by atoms with Crippen LogP contribution in [-0.4, -0.2) is 26.8 Å². The minimum Gasteiger partial charge on any atom is -0.481 e. The summed E-state index contributed by atoms with van der Waals surface area (Å²) >= 11 is 13.1.